The molecule has 0 aromatic heterocycles. The average Bonchev–Trinajstić information content (AvgIpc) is 2.18. The van der Waals surface area contributed by atoms with Gasteiger partial charge in [0, 0.05) is 39.3 Å². The second-order valence-corrected chi connectivity index (χ2v) is 3.06. The van der Waals surface area contributed by atoms with Gasteiger partial charge < -0.3 is 16.4 Å². The Kier molecular flexibility index (Phi) is 9.95. The van der Waals surface area contributed by atoms with E-state index in [9.17, 15) is 4.79 Å². The first-order valence-corrected chi connectivity index (χ1v) is 5.15. The fourth-order valence-electron chi connectivity index (χ4n) is 1.21. The first kappa shape index (κ1) is 13.4. The molecule has 0 spiro atoms. The van der Waals surface area contributed by atoms with Gasteiger partial charge in [-0.15, -0.1) is 0 Å². The highest BCUT2D eigenvalue weighted by Crippen LogP contribution is 1.84. The van der Waals surface area contributed by atoms with E-state index in [4.69, 9.17) is 5.73 Å². The summed E-state index contributed by atoms with van der Waals surface area (Å²) < 4.78 is 0. The summed E-state index contributed by atoms with van der Waals surface area (Å²) in [6.07, 6.45) is 0.727. The van der Waals surface area contributed by atoms with Crippen LogP contribution in [0.2, 0.25) is 0 Å². The van der Waals surface area contributed by atoms with Crippen molar-refractivity contribution in [2.45, 2.75) is 6.92 Å². The summed E-state index contributed by atoms with van der Waals surface area (Å²) in [5, 5.41) is 5.90. The molecule has 0 aromatic rings. The largest absolute Gasteiger partial charge is 0.357 e. The Morgan fingerprint density at radius 2 is 2.00 bits per heavy atom. The van der Waals surface area contributed by atoms with Crippen molar-refractivity contribution < 1.29 is 4.79 Å². The second-order valence-electron chi connectivity index (χ2n) is 3.06. The molecular formula is C9H22N4O. The van der Waals surface area contributed by atoms with E-state index >= 15 is 0 Å². The minimum Gasteiger partial charge on any atom is -0.357 e. The van der Waals surface area contributed by atoms with E-state index < -0.39 is 0 Å². The number of nitrogens with one attached hydrogen (secondary N) is 2. The first-order chi connectivity index (χ1) is 6.85. The van der Waals surface area contributed by atoms with Crippen LogP contribution in [0.1, 0.15) is 6.92 Å². The lowest BCUT2D eigenvalue weighted by Crippen LogP contribution is -2.39. The van der Waals surface area contributed by atoms with Crippen molar-refractivity contribution in [2.75, 3.05) is 45.8 Å². The van der Waals surface area contributed by atoms with Gasteiger partial charge in [0.1, 0.15) is 0 Å². The van der Waals surface area contributed by atoms with Crippen LogP contribution in [-0.2, 0) is 4.79 Å². The topological polar surface area (TPSA) is 70.4 Å². The Bertz CT molecular complexity index is 132. The van der Waals surface area contributed by atoms with Gasteiger partial charge in [0.15, 0.2) is 0 Å². The minimum atomic E-state index is 0.660. The van der Waals surface area contributed by atoms with Gasteiger partial charge >= 0.3 is 0 Å². The highest BCUT2D eigenvalue weighted by Gasteiger charge is 2.01. The predicted molar refractivity (Wildman–Crippen MR) is 58.1 cm³/mol. The molecule has 0 radical (unpaired) electrons. The monoisotopic (exact) mass is 202 g/mol. The van der Waals surface area contributed by atoms with Crippen molar-refractivity contribution in [1.29, 1.82) is 0 Å². The molecule has 0 aromatic carbocycles. The molecule has 0 bridgehead atoms. The number of amides is 1. The second kappa shape index (κ2) is 10.4. The van der Waals surface area contributed by atoms with Crippen molar-refractivity contribution in [3.8, 4) is 0 Å². The molecule has 0 saturated heterocycles. The van der Waals surface area contributed by atoms with Crippen LogP contribution in [0.4, 0.5) is 0 Å². The van der Waals surface area contributed by atoms with E-state index in [0.29, 0.717) is 13.1 Å². The predicted octanol–water partition coefficient (Wildman–Crippen LogP) is -1.40. The molecule has 0 atom stereocenters. The van der Waals surface area contributed by atoms with Gasteiger partial charge in [-0.1, -0.05) is 6.92 Å². The lowest BCUT2D eigenvalue weighted by atomic mass is 10.4. The zero-order chi connectivity index (χ0) is 10.6. The molecule has 14 heavy (non-hydrogen) atoms. The lowest BCUT2D eigenvalue weighted by molar-refractivity contribution is -0.109. The summed E-state index contributed by atoms with van der Waals surface area (Å²) in [5.41, 5.74) is 5.49. The molecule has 0 aliphatic carbocycles. The third-order valence-corrected chi connectivity index (χ3v) is 1.96. The maximum Gasteiger partial charge on any atom is 0.207 e. The molecule has 0 aliphatic rings. The van der Waals surface area contributed by atoms with E-state index in [1.165, 1.54) is 0 Å². The van der Waals surface area contributed by atoms with Gasteiger partial charge in [0.05, 0.1) is 0 Å². The molecule has 0 saturated carbocycles. The van der Waals surface area contributed by atoms with Crippen LogP contribution in [0.5, 0.6) is 0 Å². The zero-order valence-corrected chi connectivity index (χ0v) is 8.96. The normalized spacial score (nSPS) is 10.5. The van der Waals surface area contributed by atoms with E-state index in [1.807, 2.05) is 0 Å². The van der Waals surface area contributed by atoms with E-state index in [1.54, 1.807) is 0 Å². The summed E-state index contributed by atoms with van der Waals surface area (Å²) in [5.74, 6) is 0. The summed E-state index contributed by atoms with van der Waals surface area (Å²) in [6, 6.07) is 0. The van der Waals surface area contributed by atoms with Crippen molar-refractivity contribution >= 4 is 6.41 Å². The number of nitrogens with two attached hydrogens (primary N) is 1. The molecular weight excluding hydrogens is 180 g/mol. The van der Waals surface area contributed by atoms with Crippen molar-refractivity contribution in [1.82, 2.24) is 15.5 Å². The fraction of sp³-hybridized carbons (Fsp3) is 0.889. The van der Waals surface area contributed by atoms with Gasteiger partial charge in [0.25, 0.3) is 0 Å². The number of hydrogen-bond acceptors (Lipinski definition) is 4. The van der Waals surface area contributed by atoms with Crippen molar-refractivity contribution in [2.24, 2.45) is 5.73 Å². The highest BCUT2D eigenvalue weighted by atomic mass is 16.1. The minimum absolute atomic E-state index is 0.660. The van der Waals surface area contributed by atoms with Crippen LogP contribution < -0.4 is 16.4 Å². The number of nitrogens with zero attached hydrogens (tertiary/aromatic N) is 1. The van der Waals surface area contributed by atoms with E-state index in [2.05, 4.69) is 22.5 Å². The number of carbonyl (C=O) groups is 1. The molecule has 0 aliphatic heterocycles. The first-order valence-electron chi connectivity index (χ1n) is 5.15. The summed E-state index contributed by atoms with van der Waals surface area (Å²) in [6.45, 7) is 8.11. The average molecular weight is 202 g/mol. The Hall–Kier alpha value is -0.650. The van der Waals surface area contributed by atoms with Crippen LogP contribution in [0.15, 0.2) is 0 Å². The van der Waals surface area contributed by atoms with Crippen LogP contribution >= 0.6 is 0 Å². The molecule has 0 unspecified atom stereocenters. The molecule has 84 valence electrons. The van der Waals surface area contributed by atoms with Gasteiger partial charge in [-0.25, -0.2) is 0 Å². The molecule has 1 amide bonds. The van der Waals surface area contributed by atoms with E-state index in [0.717, 1.165) is 39.1 Å². The molecule has 5 nitrogen and oxygen atoms in total. The van der Waals surface area contributed by atoms with Crippen molar-refractivity contribution in [3.05, 3.63) is 0 Å². The third-order valence-electron chi connectivity index (χ3n) is 1.96. The van der Waals surface area contributed by atoms with Crippen LogP contribution in [-0.4, -0.2) is 57.1 Å². The van der Waals surface area contributed by atoms with Gasteiger partial charge in [-0.2, -0.15) is 0 Å². The quantitative estimate of drug-likeness (QED) is 0.301. The zero-order valence-electron chi connectivity index (χ0n) is 8.96. The molecule has 5 heteroatoms. The number of carbonyl (C=O) groups excluding carboxylic acids is 1. The Balaban J connectivity index is 3.48. The smallest absolute Gasteiger partial charge is 0.207 e. The van der Waals surface area contributed by atoms with Gasteiger partial charge in [-0.3, -0.25) is 9.69 Å². The SMILES string of the molecule is CCNCCN(CCN)CCNC=O. The standard InChI is InChI=1S/C9H22N4O/c1-2-11-4-7-13(6-3-10)8-5-12-9-14/h9,11H,2-8,10H2,1H3,(H,12,14). The Morgan fingerprint density at radius 1 is 1.29 bits per heavy atom. The number of rotatable bonds is 10. The number of hydrogen-bond donors (Lipinski definition) is 3. The summed E-state index contributed by atoms with van der Waals surface area (Å²) in [7, 11) is 0. The Morgan fingerprint density at radius 3 is 2.57 bits per heavy atom. The maximum atomic E-state index is 10.0. The molecule has 0 rings (SSSR count). The molecule has 4 N–H and O–H groups in total. The van der Waals surface area contributed by atoms with Crippen molar-refractivity contribution in [3.63, 3.8) is 0 Å². The summed E-state index contributed by atoms with van der Waals surface area (Å²) >= 11 is 0. The van der Waals surface area contributed by atoms with Gasteiger partial charge in [0.2, 0.25) is 6.41 Å². The third kappa shape index (κ3) is 7.97. The van der Waals surface area contributed by atoms with Crippen LogP contribution in [0.3, 0.4) is 0 Å². The highest BCUT2D eigenvalue weighted by molar-refractivity contribution is 5.45. The molecule has 0 fully saturated rings. The van der Waals surface area contributed by atoms with Crippen LogP contribution in [0.25, 0.3) is 0 Å². The summed E-state index contributed by atoms with van der Waals surface area (Å²) in [4.78, 5) is 12.3. The van der Waals surface area contributed by atoms with E-state index in [-0.39, 0.29) is 0 Å². The molecule has 0 heterocycles. The van der Waals surface area contributed by atoms with Crippen LogP contribution in [0, 0.1) is 0 Å². The van der Waals surface area contributed by atoms with Gasteiger partial charge in [-0.05, 0) is 6.54 Å². The Labute approximate surface area is 86.0 Å². The fourth-order valence-corrected chi connectivity index (χ4v) is 1.21. The lowest BCUT2D eigenvalue weighted by Gasteiger charge is -2.21. The maximum absolute atomic E-state index is 10.0. The number of likely N-dealkylation sites (N-methyl/N-ethyl adjacent to an activating group) is 1.